The number of aryl methyl sites for hydroxylation is 1. The number of ether oxygens (including phenoxy) is 2. The molecule has 1 aromatic carbocycles. The molecule has 6 nitrogen and oxygen atoms in total. The molecule has 0 spiro atoms. The Labute approximate surface area is 141 Å². The Bertz CT molecular complexity index is 740. The van der Waals surface area contributed by atoms with Gasteiger partial charge in [-0.05, 0) is 38.5 Å². The molecule has 0 amide bonds. The van der Waals surface area contributed by atoms with Crippen molar-refractivity contribution in [3.8, 4) is 11.8 Å². The van der Waals surface area contributed by atoms with Crippen LogP contribution < -0.4 is 9.64 Å². The van der Waals surface area contributed by atoms with Gasteiger partial charge in [0.05, 0.1) is 12.2 Å². The second-order valence-electron chi connectivity index (χ2n) is 6.14. The van der Waals surface area contributed by atoms with E-state index >= 15 is 0 Å². The molecule has 1 saturated heterocycles. The summed E-state index contributed by atoms with van der Waals surface area (Å²) in [7, 11) is 0. The lowest BCUT2D eigenvalue weighted by atomic mass is 10.2. The highest BCUT2D eigenvalue weighted by molar-refractivity contribution is 5.48. The summed E-state index contributed by atoms with van der Waals surface area (Å²) in [4.78, 5) is 6.27. The second-order valence-corrected chi connectivity index (χ2v) is 6.14. The Balaban J connectivity index is 1.74. The number of benzene rings is 1. The van der Waals surface area contributed by atoms with Crippen molar-refractivity contribution in [3.63, 3.8) is 0 Å². The predicted molar refractivity (Wildman–Crippen MR) is 89.0 cm³/mol. The molecule has 0 unspecified atom stereocenters. The summed E-state index contributed by atoms with van der Waals surface area (Å²) in [6, 6.07) is 9.87. The first-order chi connectivity index (χ1) is 11.5. The zero-order chi connectivity index (χ0) is 17.1. The van der Waals surface area contributed by atoms with Gasteiger partial charge in [-0.25, -0.2) is 0 Å². The van der Waals surface area contributed by atoms with Gasteiger partial charge in [0.25, 0.3) is 0 Å². The van der Waals surface area contributed by atoms with Gasteiger partial charge in [0.1, 0.15) is 11.8 Å². The standard InChI is InChI=1S/C18H21N3O3/c1-12-5-4-6-15(7-12)22-11-17-20-16(8-19)18(24-17)21-9-13(2)23-14(3)10-21/h4-7,13-14H,9-11H2,1-3H3/t13-,14-/m0/s1. The Hall–Kier alpha value is -2.52. The van der Waals surface area contributed by atoms with E-state index < -0.39 is 0 Å². The fourth-order valence-corrected chi connectivity index (χ4v) is 2.90. The van der Waals surface area contributed by atoms with Crippen LogP contribution >= 0.6 is 0 Å². The van der Waals surface area contributed by atoms with Crippen LogP contribution in [0.4, 0.5) is 5.88 Å². The Kier molecular flexibility index (Phi) is 4.72. The Morgan fingerprint density at radius 2 is 2.08 bits per heavy atom. The monoisotopic (exact) mass is 327 g/mol. The smallest absolute Gasteiger partial charge is 0.236 e. The lowest BCUT2D eigenvalue weighted by Gasteiger charge is -2.34. The maximum absolute atomic E-state index is 9.34. The molecule has 2 heterocycles. The van der Waals surface area contributed by atoms with Gasteiger partial charge in [-0.15, -0.1) is 0 Å². The quantitative estimate of drug-likeness (QED) is 0.859. The second kappa shape index (κ2) is 6.93. The zero-order valence-corrected chi connectivity index (χ0v) is 14.2. The molecule has 1 aliphatic heterocycles. The third-order valence-electron chi connectivity index (χ3n) is 3.82. The molecule has 0 radical (unpaired) electrons. The van der Waals surface area contributed by atoms with Crippen LogP contribution in [0.5, 0.6) is 5.75 Å². The number of oxazole rings is 1. The van der Waals surface area contributed by atoms with Gasteiger partial charge in [0, 0.05) is 13.1 Å². The molecule has 1 aliphatic rings. The zero-order valence-electron chi connectivity index (χ0n) is 14.2. The maximum Gasteiger partial charge on any atom is 0.236 e. The van der Waals surface area contributed by atoms with Gasteiger partial charge in [-0.2, -0.15) is 10.2 Å². The van der Waals surface area contributed by atoms with Crippen molar-refractivity contribution < 1.29 is 13.9 Å². The average Bonchev–Trinajstić information content (AvgIpc) is 2.95. The third-order valence-corrected chi connectivity index (χ3v) is 3.82. The first-order valence-corrected chi connectivity index (χ1v) is 8.05. The van der Waals surface area contributed by atoms with Crippen LogP contribution in [0.15, 0.2) is 28.7 Å². The van der Waals surface area contributed by atoms with Crippen LogP contribution in [-0.2, 0) is 11.3 Å². The van der Waals surface area contributed by atoms with Crippen LogP contribution in [0.2, 0.25) is 0 Å². The summed E-state index contributed by atoms with van der Waals surface area (Å²) in [5.74, 6) is 1.65. The van der Waals surface area contributed by atoms with E-state index in [4.69, 9.17) is 13.9 Å². The fraction of sp³-hybridized carbons (Fsp3) is 0.444. The summed E-state index contributed by atoms with van der Waals surface area (Å²) in [6.45, 7) is 7.55. The first kappa shape index (κ1) is 16.3. The van der Waals surface area contributed by atoms with Gasteiger partial charge >= 0.3 is 0 Å². The van der Waals surface area contributed by atoms with E-state index in [2.05, 4.69) is 11.1 Å². The van der Waals surface area contributed by atoms with E-state index in [1.807, 2.05) is 49.9 Å². The normalized spacial score (nSPS) is 20.7. The molecular formula is C18H21N3O3. The number of morpholine rings is 1. The van der Waals surface area contributed by atoms with Crippen LogP contribution in [0.1, 0.15) is 31.0 Å². The molecule has 126 valence electrons. The molecule has 2 atom stereocenters. The molecular weight excluding hydrogens is 306 g/mol. The molecule has 6 heteroatoms. The number of nitrogens with zero attached hydrogens (tertiary/aromatic N) is 3. The molecule has 0 aliphatic carbocycles. The summed E-state index contributed by atoms with van der Waals surface area (Å²) >= 11 is 0. The van der Waals surface area contributed by atoms with E-state index in [0.29, 0.717) is 30.6 Å². The topological polar surface area (TPSA) is 71.5 Å². The van der Waals surface area contributed by atoms with Gasteiger partial charge < -0.3 is 18.8 Å². The highest BCUT2D eigenvalue weighted by atomic mass is 16.5. The largest absolute Gasteiger partial charge is 0.484 e. The highest BCUT2D eigenvalue weighted by Crippen LogP contribution is 2.26. The fourth-order valence-electron chi connectivity index (χ4n) is 2.90. The van der Waals surface area contributed by atoms with Gasteiger partial charge in [-0.3, -0.25) is 0 Å². The number of rotatable bonds is 4. The van der Waals surface area contributed by atoms with E-state index in [9.17, 15) is 5.26 Å². The van der Waals surface area contributed by atoms with E-state index in [-0.39, 0.29) is 18.8 Å². The minimum atomic E-state index is 0.0809. The Morgan fingerprint density at radius 1 is 1.33 bits per heavy atom. The van der Waals surface area contributed by atoms with Crippen molar-refractivity contribution >= 4 is 5.88 Å². The first-order valence-electron chi connectivity index (χ1n) is 8.05. The van der Waals surface area contributed by atoms with Crippen molar-refractivity contribution in [2.45, 2.75) is 39.6 Å². The molecule has 24 heavy (non-hydrogen) atoms. The minimum Gasteiger partial charge on any atom is -0.484 e. The van der Waals surface area contributed by atoms with Crippen LogP contribution in [0.25, 0.3) is 0 Å². The minimum absolute atomic E-state index is 0.0809. The summed E-state index contributed by atoms with van der Waals surface area (Å²) < 4.78 is 17.2. The molecule has 0 saturated carbocycles. The van der Waals surface area contributed by atoms with Crippen LogP contribution in [0.3, 0.4) is 0 Å². The summed E-state index contributed by atoms with van der Waals surface area (Å²) in [5, 5.41) is 9.34. The lowest BCUT2D eigenvalue weighted by Crippen LogP contribution is -2.45. The van der Waals surface area contributed by atoms with Crippen molar-refractivity contribution in [3.05, 3.63) is 41.4 Å². The van der Waals surface area contributed by atoms with Crippen molar-refractivity contribution in [1.82, 2.24) is 4.98 Å². The van der Waals surface area contributed by atoms with Crippen LogP contribution in [0, 0.1) is 18.3 Å². The Morgan fingerprint density at radius 3 is 2.75 bits per heavy atom. The number of hydrogen-bond acceptors (Lipinski definition) is 6. The molecule has 3 rings (SSSR count). The third kappa shape index (κ3) is 3.69. The molecule has 0 bridgehead atoms. The van der Waals surface area contributed by atoms with E-state index in [1.165, 1.54) is 0 Å². The summed E-state index contributed by atoms with van der Waals surface area (Å²) in [6.07, 6.45) is 0.162. The number of nitriles is 1. The van der Waals surface area contributed by atoms with Gasteiger partial charge in [0.2, 0.25) is 17.5 Å². The van der Waals surface area contributed by atoms with E-state index in [1.54, 1.807) is 0 Å². The van der Waals surface area contributed by atoms with E-state index in [0.717, 1.165) is 11.3 Å². The van der Waals surface area contributed by atoms with Gasteiger partial charge in [0.15, 0.2) is 6.61 Å². The molecule has 1 aromatic heterocycles. The molecule has 1 fully saturated rings. The molecule has 2 aromatic rings. The number of hydrogen-bond donors (Lipinski definition) is 0. The average molecular weight is 327 g/mol. The molecule has 0 N–H and O–H groups in total. The summed E-state index contributed by atoms with van der Waals surface area (Å²) in [5.41, 5.74) is 1.41. The SMILES string of the molecule is Cc1cccc(OCc2nc(C#N)c(N3C[C@H](C)O[C@@H](C)C3)o2)c1. The van der Waals surface area contributed by atoms with Crippen molar-refractivity contribution in [2.24, 2.45) is 0 Å². The lowest BCUT2D eigenvalue weighted by molar-refractivity contribution is -0.00651. The number of anilines is 1. The predicted octanol–water partition coefficient (Wildman–Crippen LogP) is 3.05. The van der Waals surface area contributed by atoms with Crippen molar-refractivity contribution in [2.75, 3.05) is 18.0 Å². The highest BCUT2D eigenvalue weighted by Gasteiger charge is 2.28. The van der Waals surface area contributed by atoms with Gasteiger partial charge in [-0.1, -0.05) is 12.1 Å². The maximum atomic E-state index is 9.34. The van der Waals surface area contributed by atoms with Crippen molar-refractivity contribution in [1.29, 1.82) is 5.26 Å². The van der Waals surface area contributed by atoms with Crippen LogP contribution in [-0.4, -0.2) is 30.3 Å². The number of aromatic nitrogens is 1.